The zero-order valence-corrected chi connectivity index (χ0v) is 14.8. The maximum Gasteiger partial charge on any atom is 0.230 e. The molecule has 0 radical (unpaired) electrons. The Labute approximate surface area is 147 Å². The Kier molecular flexibility index (Phi) is 5.86. The molecule has 0 bridgehead atoms. The van der Waals surface area contributed by atoms with E-state index in [1.807, 2.05) is 43.3 Å². The summed E-state index contributed by atoms with van der Waals surface area (Å²) in [5.74, 6) is 0.451. The molecule has 0 aliphatic heterocycles. The second-order valence-corrected chi connectivity index (χ2v) is 7.18. The van der Waals surface area contributed by atoms with Crippen molar-refractivity contribution in [1.82, 2.24) is 15.3 Å². The molecule has 1 saturated carbocycles. The summed E-state index contributed by atoms with van der Waals surface area (Å²) >= 11 is 1.41. The Balaban J connectivity index is 1.60. The number of hydrogen-bond donors (Lipinski definition) is 1. The Morgan fingerprint density at radius 3 is 2.67 bits per heavy atom. The van der Waals surface area contributed by atoms with Crippen LogP contribution in [0.25, 0.3) is 11.3 Å². The van der Waals surface area contributed by atoms with Gasteiger partial charge in [0.1, 0.15) is 0 Å². The fourth-order valence-electron chi connectivity index (χ4n) is 3.01. The first-order valence-electron chi connectivity index (χ1n) is 8.54. The lowest BCUT2D eigenvalue weighted by atomic mass is 9.95. The molecule has 0 atom stereocenters. The summed E-state index contributed by atoms with van der Waals surface area (Å²) < 4.78 is 0. The lowest BCUT2D eigenvalue weighted by Crippen LogP contribution is -2.37. The van der Waals surface area contributed by atoms with Crippen LogP contribution in [-0.2, 0) is 4.79 Å². The van der Waals surface area contributed by atoms with Gasteiger partial charge in [-0.3, -0.25) is 4.79 Å². The molecule has 1 amide bonds. The number of nitrogens with one attached hydrogen (secondary N) is 1. The monoisotopic (exact) mass is 341 g/mol. The van der Waals surface area contributed by atoms with Crippen molar-refractivity contribution in [2.24, 2.45) is 0 Å². The highest BCUT2D eigenvalue weighted by atomic mass is 32.2. The third kappa shape index (κ3) is 4.81. The van der Waals surface area contributed by atoms with E-state index in [2.05, 4.69) is 15.3 Å². The standard InChI is InChI=1S/C19H23N3OS/c1-14-12-17(15-8-4-2-5-9-15)22-19(20-14)24-13-18(23)21-16-10-6-3-7-11-16/h2,4-5,8-9,12,16H,3,6-7,10-11,13H2,1H3,(H,21,23). The number of amides is 1. The molecule has 3 rings (SSSR count). The van der Waals surface area contributed by atoms with Crippen molar-refractivity contribution in [3.05, 3.63) is 42.1 Å². The zero-order valence-electron chi connectivity index (χ0n) is 14.0. The highest BCUT2D eigenvalue weighted by molar-refractivity contribution is 7.99. The minimum Gasteiger partial charge on any atom is -0.353 e. The van der Waals surface area contributed by atoms with Crippen LogP contribution in [0.3, 0.4) is 0 Å². The first-order valence-corrected chi connectivity index (χ1v) is 9.52. The lowest BCUT2D eigenvalue weighted by Gasteiger charge is -2.22. The van der Waals surface area contributed by atoms with Crippen LogP contribution in [0.15, 0.2) is 41.6 Å². The van der Waals surface area contributed by atoms with Crippen LogP contribution in [0.2, 0.25) is 0 Å². The molecule has 1 fully saturated rings. The Morgan fingerprint density at radius 1 is 1.17 bits per heavy atom. The number of benzene rings is 1. The van der Waals surface area contributed by atoms with E-state index in [0.717, 1.165) is 29.8 Å². The summed E-state index contributed by atoms with van der Waals surface area (Å²) in [4.78, 5) is 21.2. The van der Waals surface area contributed by atoms with Crippen molar-refractivity contribution in [3.8, 4) is 11.3 Å². The van der Waals surface area contributed by atoms with Crippen molar-refractivity contribution in [2.75, 3.05) is 5.75 Å². The molecule has 0 spiro atoms. The average molecular weight is 341 g/mol. The summed E-state index contributed by atoms with van der Waals surface area (Å²) in [6, 6.07) is 12.4. The maximum atomic E-state index is 12.1. The fourth-order valence-corrected chi connectivity index (χ4v) is 3.72. The van der Waals surface area contributed by atoms with E-state index in [9.17, 15) is 4.79 Å². The van der Waals surface area contributed by atoms with Crippen molar-refractivity contribution in [3.63, 3.8) is 0 Å². The SMILES string of the molecule is Cc1cc(-c2ccccc2)nc(SCC(=O)NC2CCCCC2)n1. The molecule has 1 aliphatic carbocycles. The van der Waals surface area contributed by atoms with Crippen molar-refractivity contribution < 1.29 is 4.79 Å². The van der Waals surface area contributed by atoms with Gasteiger partial charge in [-0.2, -0.15) is 0 Å². The number of rotatable bonds is 5. The second kappa shape index (κ2) is 8.29. The Morgan fingerprint density at radius 2 is 1.92 bits per heavy atom. The first kappa shape index (κ1) is 17.0. The van der Waals surface area contributed by atoms with Gasteiger partial charge in [0.05, 0.1) is 11.4 Å². The van der Waals surface area contributed by atoms with Crippen LogP contribution in [0.1, 0.15) is 37.8 Å². The van der Waals surface area contributed by atoms with E-state index < -0.39 is 0 Å². The highest BCUT2D eigenvalue weighted by Gasteiger charge is 2.16. The number of aryl methyl sites for hydroxylation is 1. The lowest BCUT2D eigenvalue weighted by molar-refractivity contribution is -0.119. The molecule has 4 nitrogen and oxygen atoms in total. The highest BCUT2D eigenvalue weighted by Crippen LogP contribution is 2.22. The molecule has 1 aromatic heterocycles. The molecule has 0 saturated heterocycles. The van der Waals surface area contributed by atoms with Gasteiger partial charge in [-0.05, 0) is 25.8 Å². The number of nitrogens with zero attached hydrogens (tertiary/aromatic N) is 2. The van der Waals surface area contributed by atoms with E-state index >= 15 is 0 Å². The van der Waals surface area contributed by atoms with E-state index in [4.69, 9.17) is 0 Å². The smallest absolute Gasteiger partial charge is 0.230 e. The van der Waals surface area contributed by atoms with Crippen LogP contribution in [0.5, 0.6) is 0 Å². The molecular formula is C19H23N3OS. The summed E-state index contributed by atoms with van der Waals surface area (Å²) in [6.07, 6.45) is 5.95. The number of thioether (sulfide) groups is 1. The molecule has 0 unspecified atom stereocenters. The zero-order chi connectivity index (χ0) is 16.8. The van der Waals surface area contributed by atoms with E-state index in [0.29, 0.717) is 17.0 Å². The van der Waals surface area contributed by atoms with Gasteiger partial charge < -0.3 is 5.32 Å². The molecule has 24 heavy (non-hydrogen) atoms. The van der Waals surface area contributed by atoms with Crippen LogP contribution in [0, 0.1) is 6.92 Å². The molecular weight excluding hydrogens is 318 g/mol. The van der Waals surface area contributed by atoms with Gasteiger partial charge in [0.15, 0.2) is 5.16 Å². The van der Waals surface area contributed by atoms with Crippen molar-refractivity contribution in [1.29, 1.82) is 0 Å². The van der Waals surface area contributed by atoms with Gasteiger partial charge in [0, 0.05) is 17.3 Å². The fraction of sp³-hybridized carbons (Fsp3) is 0.421. The largest absolute Gasteiger partial charge is 0.353 e. The van der Waals surface area contributed by atoms with E-state index in [1.54, 1.807) is 0 Å². The maximum absolute atomic E-state index is 12.1. The van der Waals surface area contributed by atoms with Gasteiger partial charge in [-0.25, -0.2) is 9.97 Å². The third-order valence-corrected chi connectivity index (χ3v) is 5.05. The van der Waals surface area contributed by atoms with E-state index in [1.165, 1.54) is 31.0 Å². The Bertz CT molecular complexity index is 684. The molecule has 126 valence electrons. The number of carbonyl (C=O) groups excluding carboxylic acids is 1. The number of carbonyl (C=O) groups is 1. The molecule has 1 aromatic carbocycles. The summed E-state index contributed by atoms with van der Waals surface area (Å²) in [6.45, 7) is 1.96. The Hall–Kier alpha value is -1.88. The van der Waals surface area contributed by atoms with Crippen LogP contribution < -0.4 is 5.32 Å². The molecule has 1 heterocycles. The normalized spacial score (nSPS) is 15.2. The minimum absolute atomic E-state index is 0.0817. The summed E-state index contributed by atoms with van der Waals surface area (Å²) in [5, 5.41) is 3.79. The average Bonchev–Trinajstić information content (AvgIpc) is 2.61. The molecule has 1 aliphatic rings. The van der Waals surface area contributed by atoms with Gasteiger partial charge in [-0.1, -0.05) is 61.4 Å². The quantitative estimate of drug-likeness (QED) is 0.660. The van der Waals surface area contributed by atoms with Gasteiger partial charge in [0.25, 0.3) is 0 Å². The van der Waals surface area contributed by atoms with Gasteiger partial charge in [-0.15, -0.1) is 0 Å². The predicted molar refractivity (Wildman–Crippen MR) is 97.9 cm³/mol. The summed E-state index contributed by atoms with van der Waals surface area (Å²) in [5.41, 5.74) is 2.88. The van der Waals surface area contributed by atoms with Crippen LogP contribution in [0.4, 0.5) is 0 Å². The van der Waals surface area contributed by atoms with Crippen molar-refractivity contribution >= 4 is 17.7 Å². The van der Waals surface area contributed by atoms with E-state index in [-0.39, 0.29) is 5.91 Å². The minimum atomic E-state index is 0.0817. The van der Waals surface area contributed by atoms with Crippen molar-refractivity contribution in [2.45, 2.75) is 50.2 Å². The number of hydrogen-bond acceptors (Lipinski definition) is 4. The topological polar surface area (TPSA) is 54.9 Å². The predicted octanol–water partition coefficient (Wildman–Crippen LogP) is 3.99. The molecule has 2 aromatic rings. The van der Waals surface area contributed by atoms with Crippen LogP contribution >= 0.6 is 11.8 Å². The number of aromatic nitrogens is 2. The molecule has 1 N–H and O–H groups in total. The van der Waals surface area contributed by atoms with Crippen LogP contribution in [-0.4, -0.2) is 27.7 Å². The third-order valence-electron chi connectivity index (χ3n) is 4.21. The summed E-state index contributed by atoms with van der Waals surface area (Å²) in [7, 11) is 0. The van der Waals surface area contributed by atoms with Gasteiger partial charge >= 0.3 is 0 Å². The second-order valence-electron chi connectivity index (χ2n) is 6.23. The first-order chi connectivity index (χ1) is 11.7. The molecule has 5 heteroatoms. The van der Waals surface area contributed by atoms with Gasteiger partial charge in [0.2, 0.25) is 5.91 Å².